The zero-order valence-electron chi connectivity index (χ0n) is 14.0. The summed E-state index contributed by atoms with van der Waals surface area (Å²) in [5.74, 6) is 0. The van der Waals surface area contributed by atoms with E-state index in [2.05, 4.69) is 71.7 Å². The van der Waals surface area contributed by atoms with Crippen LogP contribution in [0.4, 0.5) is 11.4 Å². The Kier molecular flexibility index (Phi) is 4.01. The molecule has 0 spiro atoms. The number of aryl methyl sites for hydroxylation is 4. The minimum atomic E-state index is 1.07. The fourth-order valence-electron chi connectivity index (χ4n) is 3.32. The van der Waals surface area contributed by atoms with E-state index in [1.165, 1.54) is 34.2 Å². The maximum atomic E-state index is 3.36. The number of H-pyrrole nitrogens is 2. The van der Waals surface area contributed by atoms with E-state index in [4.69, 9.17) is 0 Å². The van der Waals surface area contributed by atoms with Gasteiger partial charge in [-0.3, -0.25) is 0 Å². The van der Waals surface area contributed by atoms with E-state index in [0.717, 1.165) is 26.2 Å². The lowest BCUT2D eigenvalue weighted by Crippen LogP contribution is -2.47. The third kappa shape index (κ3) is 3.21. The number of nitrogens with one attached hydrogen (secondary N) is 2. The van der Waals surface area contributed by atoms with Crippen LogP contribution in [0.2, 0.25) is 0 Å². The second kappa shape index (κ2) is 5.95. The fourth-order valence-corrected chi connectivity index (χ4v) is 3.32. The Morgan fingerprint density at radius 1 is 0.591 bits per heavy atom. The maximum Gasteiger partial charge on any atom is 0.178 e. The first-order valence-electron chi connectivity index (χ1n) is 8.02. The van der Waals surface area contributed by atoms with Gasteiger partial charge in [0.15, 0.2) is 22.8 Å². The van der Waals surface area contributed by atoms with E-state index in [0.29, 0.717) is 0 Å². The molecule has 1 saturated heterocycles. The highest BCUT2D eigenvalue weighted by Gasteiger charge is 2.20. The molecule has 1 aliphatic rings. The fraction of sp³-hybridized carbons (Fsp3) is 0.444. The second-order valence-corrected chi connectivity index (χ2v) is 6.38. The summed E-state index contributed by atoms with van der Waals surface area (Å²) in [7, 11) is 0. The molecule has 2 aromatic heterocycles. The highest BCUT2D eigenvalue weighted by molar-refractivity contribution is 5.52. The molecule has 1 fully saturated rings. The summed E-state index contributed by atoms with van der Waals surface area (Å²) >= 11 is 0. The van der Waals surface area contributed by atoms with Gasteiger partial charge in [-0.15, -0.1) is 0 Å². The number of aromatic amines is 2. The Morgan fingerprint density at radius 2 is 0.864 bits per heavy atom. The topological polar surface area (TPSA) is 34.8 Å². The molecule has 116 valence electrons. The third-order valence-corrected chi connectivity index (χ3v) is 4.26. The van der Waals surface area contributed by atoms with Crippen LogP contribution in [0.3, 0.4) is 0 Å². The van der Waals surface area contributed by atoms with Crippen LogP contribution >= 0.6 is 0 Å². The summed E-state index contributed by atoms with van der Waals surface area (Å²) in [6.45, 7) is 12.8. The lowest BCUT2D eigenvalue weighted by Gasteiger charge is -2.37. The van der Waals surface area contributed by atoms with Gasteiger partial charge in [0.25, 0.3) is 0 Å². The monoisotopic (exact) mass is 298 g/mol. The Bertz CT molecular complexity index is 573. The van der Waals surface area contributed by atoms with Gasteiger partial charge in [0.1, 0.15) is 0 Å². The van der Waals surface area contributed by atoms with E-state index in [-0.39, 0.29) is 0 Å². The van der Waals surface area contributed by atoms with Crippen LogP contribution in [0.15, 0.2) is 24.3 Å². The molecule has 2 aromatic rings. The van der Waals surface area contributed by atoms with Crippen molar-refractivity contribution in [2.75, 3.05) is 36.0 Å². The zero-order chi connectivity index (χ0) is 15.7. The average molecular weight is 298 g/mol. The van der Waals surface area contributed by atoms with Gasteiger partial charge < -0.3 is 9.80 Å². The molecule has 2 N–H and O–H groups in total. The summed E-state index contributed by atoms with van der Waals surface area (Å²) in [5.41, 5.74) is 7.57. The summed E-state index contributed by atoms with van der Waals surface area (Å²) < 4.78 is 0. The molecule has 0 unspecified atom stereocenters. The number of piperazine rings is 1. The van der Waals surface area contributed by atoms with E-state index < -0.39 is 0 Å². The Labute approximate surface area is 132 Å². The minimum Gasteiger partial charge on any atom is -0.368 e. The number of pyridine rings is 2. The van der Waals surface area contributed by atoms with Crippen LogP contribution in [0.25, 0.3) is 0 Å². The lowest BCUT2D eigenvalue weighted by molar-refractivity contribution is -0.397. The summed E-state index contributed by atoms with van der Waals surface area (Å²) in [6, 6.07) is 8.98. The Morgan fingerprint density at radius 3 is 1.14 bits per heavy atom. The minimum absolute atomic E-state index is 1.07. The molecule has 0 atom stereocenters. The third-order valence-electron chi connectivity index (χ3n) is 4.26. The predicted molar refractivity (Wildman–Crippen MR) is 89.4 cm³/mol. The van der Waals surface area contributed by atoms with Crippen molar-refractivity contribution < 1.29 is 9.97 Å². The van der Waals surface area contributed by atoms with Crippen molar-refractivity contribution in [1.29, 1.82) is 0 Å². The lowest BCUT2D eigenvalue weighted by atomic mass is 10.2. The second-order valence-electron chi connectivity index (χ2n) is 6.38. The van der Waals surface area contributed by atoms with Gasteiger partial charge in [-0.1, -0.05) is 0 Å². The molecular weight excluding hydrogens is 272 g/mol. The van der Waals surface area contributed by atoms with Gasteiger partial charge in [0, 0.05) is 89.5 Å². The Balaban J connectivity index is 1.72. The maximum absolute atomic E-state index is 3.36. The summed E-state index contributed by atoms with van der Waals surface area (Å²) in [5, 5.41) is 0. The summed E-state index contributed by atoms with van der Waals surface area (Å²) in [4.78, 5) is 11.7. The van der Waals surface area contributed by atoms with Crippen LogP contribution < -0.4 is 19.8 Å². The van der Waals surface area contributed by atoms with E-state index in [9.17, 15) is 0 Å². The van der Waals surface area contributed by atoms with E-state index in [1.807, 2.05) is 0 Å². The SMILES string of the molecule is Cc1cc(N2CCN(c3cc(C)[nH+]c(C)c3)CC2)cc(C)[nH+]1. The largest absolute Gasteiger partial charge is 0.368 e. The van der Waals surface area contributed by atoms with Crippen molar-refractivity contribution in [2.24, 2.45) is 0 Å². The standard InChI is InChI=1S/C18H24N4/c1-13-9-17(10-14(2)19-13)21-5-7-22(8-6-21)18-11-15(3)20-16(4)12-18/h9-12H,5-8H2,1-4H3/p+2. The average Bonchev–Trinajstić information content (AvgIpc) is 2.45. The number of aromatic nitrogens is 2. The van der Waals surface area contributed by atoms with Crippen LogP contribution in [0, 0.1) is 27.7 Å². The number of anilines is 2. The molecule has 0 aliphatic carbocycles. The van der Waals surface area contributed by atoms with Crippen molar-refractivity contribution in [3.8, 4) is 0 Å². The van der Waals surface area contributed by atoms with Gasteiger partial charge in [-0.25, -0.2) is 9.97 Å². The first-order valence-corrected chi connectivity index (χ1v) is 8.02. The van der Waals surface area contributed by atoms with Gasteiger partial charge >= 0.3 is 0 Å². The van der Waals surface area contributed by atoms with E-state index in [1.54, 1.807) is 0 Å². The zero-order valence-corrected chi connectivity index (χ0v) is 14.0. The van der Waals surface area contributed by atoms with Crippen molar-refractivity contribution in [1.82, 2.24) is 0 Å². The number of nitrogens with zero attached hydrogens (tertiary/aromatic N) is 2. The van der Waals surface area contributed by atoms with Crippen LogP contribution in [-0.4, -0.2) is 26.2 Å². The van der Waals surface area contributed by atoms with Crippen LogP contribution in [0.1, 0.15) is 22.8 Å². The van der Waals surface area contributed by atoms with Crippen molar-refractivity contribution in [2.45, 2.75) is 27.7 Å². The van der Waals surface area contributed by atoms with Gasteiger partial charge in [-0.05, 0) is 0 Å². The van der Waals surface area contributed by atoms with Gasteiger partial charge in [0.2, 0.25) is 0 Å². The molecule has 0 aromatic carbocycles. The summed E-state index contributed by atoms with van der Waals surface area (Å²) in [6.07, 6.45) is 0. The van der Waals surface area contributed by atoms with Gasteiger partial charge in [0.05, 0.1) is 0 Å². The number of hydrogen-bond donors (Lipinski definition) is 0. The van der Waals surface area contributed by atoms with Crippen molar-refractivity contribution >= 4 is 11.4 Å². The van der Waals surface area contributed by atoms with Gasteiger partial charge in [-0.2, -0.15) is 0 Å². The normalized spacial score (nSPS) is 15.3. The van der Waals surface area contributed by atoms with Crippen LogP contribution in [0.5, 0.6) is 0 Å². The predicted octanol–water partition coefficient (Wildman–Crippen LogP) is 1.88. The first-order chi connectivity index (χ1) is 10.5. The molecule has 4 heteroatoms. The smallest absolute Gasteiger partial charge is 0.178 e. The van der Waals surface area contributed by atoms with E-state index >= 15 is 0 Å². The highest BCUT2D eigenvalue weighted by atomic mass is 15.3. The molecular formula is C18H26N4+2. The van der Waals surface area contributed by atoms with Crippen molar-refractivity contribution in [3.63, 3.8) is 0 Å². The molecule has 0 saturated carbocycles. The quantitative estimate of drug-likeness (QED) is 0.848. The molecule has 0 radical (unpaired) electrons. The number of rotatable bonds is 2. The molecule has 1 aliphatic heterocycles. The highest BCUT2D eigenvalue weighted by Crippen LogP contribution is 2.21. The molecule has 0 amide bonds. The number of hydrogen-bond acceptors (Lipinski definition) is 2. The molecule has 22 heavy (non-hydrogen) atoms. The Hall–Kier alpha value is -2.10. The first kappa shape index (κ1) is 14.8. The molecule has 3 rings (SSSR count). The molecule has 0 bridgehead atoms. The van der Waals surface area contributed by atoms with Crippen molar-refractivity contribution in [3.05, 3.63) is 47.0 Å². The van der Waals surface area contributed by atoms with Crippen LogP contribution in [-0.2, 0) is 0 Å². The molecule has 4 nitrogen and oxygen atoms in total. The molecule has 3 heterocycles.